The number of carbonyl (C=O) groups excluding carboxylic acids is 1. The Balaban J connectivity index is 2.61. The van der Waals surface area contributed by atoms with E-state index in [4.69, 9.17) is 11.6 Å². The van der Waals surface area contributed by atoms with Gasteiger partial charge in [-0.05, 0) is 18.2 Å². The smallest absolute Gasteiger partial charge is 0.392 e. The van der Waals surface area contributed by atoms with E-state index in [1.54, 1.807) is 0 Å². The molecular formula is C10H7ClF4O2. The van der Waals surface area contributed by atoms with Gasteiger partial charge in [0.05, 0.1) is 12.0 Å². The molecule has 0 N–H and O–H groups in total. The Morgan fingerprint density at radius 2 is 2.00 bits per heavy atom. The summed E-state index contributed by atoms with van der Waals surface area (Å²) >= 11 is 5.51. The van der Waals surface area contributed by atoms with Gasteiger partial charge in [0, 0.05) is 5.02 Å². The van der Waals surface area contributed by atoms with E-state index in [2.05, 4.69) is 4.74 Å². The lowest BCUT2D eigenvalue weighted by Gasteiger charge is -2.08. The molecule has 0 atom stereocenters. The monoisotopic (exact) mass is 270 g/mol. The zero-order valence-electron chi connectivity index (χ0n) is 8.35. The highest BCUT2D eigenvalue weighted by Gasteiger charge is 2.27. The van der Waals surface area contributed by atoms with Crippen LogP contribution in [0.2, 0.25) is 5.02 Å². The molecule has 7 heteroatoms. The molecule has 0 aliphatic carbocycles. The van der Waals surface area contributed by atoms with Crippen LogP contribution in [0.5, 0.6) is 0 Å². The molecule has 0 bridgehead atoms. The molecule has 0 aliphatic rings. The van der Waals surface area contributed by atoms with Crippen molar-refractivity contribution in [2.75, 3.05) is 6.61 Å². The van der Waals surface area contributed by atoms with Crippen LogP contribution >= 0.6 is 11.6 Å². The van der Waals surface area contributed by atoms with Gasteiger partial charge in [-0.2, -0.15) is 13.2 Å². The highest BCUT2D eigenvalue weighted by Crippen LogP contribution is 2.20. The van der Waals surface area contributed by atoms with Crippen LogP contribution in [0.3, 0.4) is 0 Å². The predicted octanol–water partition coefficient (Wildman–Crippen LogP) is 3.59. The summed E-state index contributed by atoms with van der Waals surface area (Å²) in [5, 5.41) is 0.0918. The summed E-state index contributed by atoms with van der Waals surface area (Å²) in [6.07, 6.45) is -5.70. The molecular weight excluding hydrogens is 264 g/mol. The number of ether oxygens (including phenoxy) is 1. The van der Waals surface area contributed by atoms with E-state index >= 15 is 0 Å². The van der Waals surface area contributed by atoms with Gasteiger partial charge >= 0.3 is 12.1 Å². The van der Waals surface area contributed by atoms with E-state index in [9.17, 15) is 22.4 Å². The van der Waals surface area contributed by atoms with Crippen molar-refractivity contribution in [3.63, 3.8) is 0 Å². The minimum Gasteiger partial charge on any atom is -0.462 e. The third-order valence-corrected chi connectivity index (χ3v) is 2.00. The lowest BCUT2D eigenvalue weighted by molar-refractivity contribution is -0.141. The summed E-state index contributed by atoms with van der Waals surface area (Å²) in [5.41, 5.74) is -0.486. The molecule has 0 saturated carbocycles. The maximum Gasteiger partial charge on any atom is 0.392 e. The average Bonchev–Trinajstić information content (AvgIpc) is 2.19. The quantitative estimate of drug-likeness (QED) is 0.620. The third kappa shape index (κ3) is 4.60. The lowest BCUT2D eigenvalue weighted by atomic mass is 10.2. The predicted molar refractivity (Wildman–Crippen MR) is 52.4 cm³/mol. The molecule has 0 saturated heterocycles. The fourth-order valence-electron chi connectivity index (χ4n) is 0.991. The van der Waals surface area contributed by atoms with Crippen molar-refractivity contribution in [2.24, 2.45) is 0 Å². The first kappa shape index (κ1) is 13.8. The molecule has 0 fully saturated rings. The van der Waals surface area contributed by atoms with Gasteiger partial charge in [-0.15, -0.1) is 0 Å². The van der Waals surface area contributed by atoms with Crippen molar-refractivity contribution in [1.82, 2.24) is 0 Å². The van der Waals surface area contributed by atoms with Gasteiger partial charge in [-0.1, -0.05) is 11.6 Å². The topological polar surface area (TPSA) is 26.3 Å². The van der Waals surface area contributed by atoms with E-state index in [0.29, 0.717) is 0 Å². The SMILES string of the molecule is O=C(OCCC(F)(F)F)c1cc(Cl)ccc1F. The highest BCUT2D eigenvalue weighted by molar-refractivity contribution is 6.30. The Labute approximate surface area is 99.1 Å². The van der Waals surface area contributed by atoms with Gasteiger partial charge in [-0.3, -0.25) is 0 Å². The summed E-state index contributed by atoms with van der Waals surface area (Å²) in [6, 6.07) is 3.14. The van der Waals surface area contributed by atoms with Crippen LogP contribution in [-0.4, -0.2) is 18.8 Å². The largest absolute Gasteiger partial charge is 0.462 e. The van der Waals surface area contributed by atoms with Gasteiger partial charge in [0.1, 0.15) is 12.4 Å². The fourth-order valence-corrected chi connectivity index (χ4v) is 1.16. The van der Waals surface area contributed by atoms with E-state index < -0.39 is 36.6 Å². The summed E-state index contributed by atoms with van der Waals surface area (Å²) < 4.78 is 52.7. The second kappa shape index (κ2) is 5.35. The van der Waals surface area contributed by atoms with Crippen LogP contribution < -0.4 is 0 Å². The molecule has 0 amide bonds. The Morgan fingerprint density at radius 1 is 1.35 bits per heavy atom. The van der Waals surface area contributed by atoms with Gasteiger partial charge in [0.15, 0.2) is 0 Å². The minimum absolute atomic E-state index is 0.0918. The van der Waals surface area contributed by atoms with Crippen LogP contribution in [-0.2, 0) is 4.74 Å². The van der Waals surface area contributed by atoms with Crippen molar-refractivity contribution in [3.05, 3.63) is 34.6 Å². The molecule has 17 heavy (non-hydrogen) atoms. The van der Waals surface area contributed by atoms with E-state index in [1.165, 1.54) is 6.07 Å². The van der Waals surface area contributed by atoms with Gasteiger partial charge in [-0.25, -0.2) is 9.18 Å². The second-order valence-corrected chi connectivity index (χ2v) is 3.56. The lowest BCUT2D eigenvalue weighted by Crippen LogP contribution is -2.15. The van der Waals surface area contributed by atoms with Crippen molar-refractivity contribution < 1.29 is 27.1 Å². The number of benzene rings is 1. The summed E-state index contributed by atoms with van der Waals surface area (Å²) in [4.78, 5) is 11.2. The number of alkyl halides is 3. The molecule has 1 rings (SSSR count). The van der Waals surface area contributed by atoms with E-state index in [0.717, 1.165) is 12.1 Å². The molecule has 1 aromatic carbocycles. The van der Waals surface area contributed by atoms with Crippen LogP contribution in [0.1, 0.15) is 16.8 Å². The number of halogens is 5. The van der Waals surface area contributed by atoms with Crippen molar-refractivity contribution in [3.8, 4) is 0 Å². The van der Waals surface area contributed by atoms with Crippen molar-refractivity contribution in [1.29, 1.82) is 0 Å². The maximum absolute atomic E-state index is 13.1. The number of rotatable bonds is 3. The molecule has 1 aromatic rings. The Bertz CT molecular complexity index is 417. The number of esters is 1. The minimum atomic E-state index is -4.42. The second-order valence-electron chi connectivity index (χ2n) is 3.13. The Kier molecular flexibility index (Phi) is 4.34. The van der Waals surface area contributed by atoms with Crippen LogP contribution in [0.15, 0.2) is 18.2 Å². The molecule has 0 unspecified atom stereocenters. The fraction of sp³-hybridized carbons (Fsp3) is 0.300. The first-order valence-electron chi connectivity index (χ1n) is 4.48. The average molecular weight is 271 g/mol. The standard InChI is InChI=1S/C10H7ClF4O2/c11-6-1-2-8(12)7(5-6)9(16)17-4-3-10(13,14)15/h1-2,5H,3-4H2. The highest BCUT2D eigenvalue weighted by atomic mass is 35.5. The summed E-state index contributed by atoms with van der Waals surface area (Å²) in [6.45, 7) is -0.853. The Hall–Kier alpha value is -1.30. The molecule has 2 nitrogen and oxygen atoms in total. The zero-order chi connectivity index (χ0) is 13.1. The van der Waals surface area contributed by atoms with Crippen LogP contribution in [0.25, 0.3) is 0 Å². The molecule has 0 heterocycles. The number of hydrogen-bond donors (Lipinski definition) is 0. The van der Waals surface area contributed by atoms with Gasteiger partial charge in [0.2, 0.25) is 0 Å². The van der Waals surface area contributed by atoms with E-state index in [-0.39, 0.29) is 5.02 Å². The van der Waals surface area contributed by atoms with Gasteiger partial charge in [0.25, 0.3) is 0 Å². The molecule has 0 spiro atoms. The van der Waals surface area contributed by atoms with Crippen molar-refractivity contribution in [2.45, 2.75) is 12.6 Å². The van der Waals surface area contributed by atoms with Crippen molar-refractivity contribution >= 4 is 17.6 Å². The number of carbonyl (C=O) groups is 1. The summed E-state index contributed by atoms with van der Waals surface area (Å²) in [5.74, 6) is -2.07. The molecule has 94 valence electrons. The molecule has 0 radical (unpaired) electrons. The first-order chi connectivity index (χ1) is 7.79. The first-order valence-corrected chi connectivity index (χ1v) is 4.86. The van der Waals surface area contributed by atoms with E-state index in [1.807, 2.05) is 0 Å². The maximum atomic E-state index is 13.1. The zero-order valence-corrected chi connectivity index (χ0v) is 9.11. The Morgan fingerprint density at radius 3 is 2.59 bits per heavy atom. The normalized spacial score (nSPS) is 11.4. The van der Waals surface area contributed by atoms with Gasteiger partial charge < -0.3 is 4.74 Å². The summed E-state index contributed by atoms with van der Waals surface area (Å²) in [7, 11) is 0. The van der Waals surface area contributed by atoms with Crippen LogP contribution in [0.4, 0.5) is 17.6 Å². The third-order valence-electron chi connectivity index (χ3n) is 1.77. The van der Waals surface area contributed by atoms with Crippen LogP contribution in [0, 0.1) is 5.82 Å². The molecule has 0 aromatic heterocycles. The number of hydrogen-bond acceptors (Lipinski definition) is 2. The molecule has 0 aliphatic heterocycles.